The van der Waals surface area contributed by atoms with Crippen LogP contribution in [0.5, 0.6) is 0 Å². The molecule has 0 unspecified atom stereocenters. The van der Waals surface area contributed by atoms with Crippen molar-refractivity contribution >= 4 is 5.97 Å². The van der Waals surface area contributed by atoms with Gasteiger partial charge < -0.3 is 9.47 Å². The third-order valence-corrected chi connectivity index (χ3v) is 2.29. The first-order valence-electron chi connectivity index (χ1n) is 6.09. The van der Waals surface area contributed by atoms with E-state index >= 15 is 0 Å². The summed E-state index contributed by atoms with van der Waals surface area (Å²) in [5.74, 6) is -0.283. The van der Waals surface area contributed by atoms with Crippen LogP contribution in [0, 0.1) is 0 Å². The van der Waals surface area contributed by atoms with Crippen molar-refractivity contribution in [1.29, 1.82) is 0 Å². The molecule has 0 heterocycles. The minimum atomic E-state index is -0.283. The van der Waals surface area contributed by atoms with E-state index in [0.717, 1.165) is 19.5 Å². The molecule has 0 fully saturated rings. The van der Waals surface area contributed by atoms with Crippen LogP contribution in [0.1, 0.15) is 34.1 Å². The summed E-state index contributed by atoms with van der Waals surface area (Å²) in [6, 6.07) is 0.520. The van der Waals surface area contributed by atoms with Crippen molar-refractivity contribution in [2.75, 3.05) is 32.9 Å². The van der Waals surface area contributed by atoms with Gasteiger partial charge in [0.05, 0.1) is 13.2 Å². The van der Waals surface area contributed by atoms with Crippen LogP contribution >= 0.6 is 0 Å². The lowest BCUT2D eigenvalue weighted by atomic mass is 10.3. The minimum Gasteiger partial charge on any atom is -0.464 e. The first kappa shape index (κ1) is 15.4. The Balaban J connectivity index is 3.58. The van der Waals surface area contributed by atoms with Crippen LogP contribution in [0.15, 0.2) is 0 Å². The van der Waals surface area contributed by atoms with E-state index in [2.05, 4.69) is 25.7 Å². The third-order valence-electron chi connectivity index (χ3n) is 2.29. The molecule has 4 heteroatoms. The first-order chi connectivity index (χ1) is 7.61. The maximum atomic E-state index is 11.0. The number of ether oxygens (including phenoxy) is 2. The number of rotatable bonds is 9. The van der Waals surface area contributed by atoms with Crippen molar-refractivity contribution < 1.29 is 14.3 Å². The van der Waals surface area contributed by atoms with Crippen molar-refractivity contribution in [3.63, 3.8) is 0 Å². The van der Waals surface area contributed by atoms with Gasteiger partial charge in [-0.15, -0.1) is 0 Å². The van der Waals surface area contributed by atoms with Crippen LogP contribution in [-0.2, 0) is 14.3 Å². The van der Waals surface area contributed by atoms with Gasteiger partial charge in [0, 0.05) is 12.6 Å². The normalized spacial score (nSPS) is 11.1. The average Bonchev–Trinajstić information content (AvgIpc) is 2.22. The van der Waals surface area contributed by atoms with Crippen molar-refractivity contribution in [3.8, 4) is 0 Å². The fourth-order valence-electron chi connectivity index (χ4n) is 1.46. The van der Waals surface area contributed by atoms with Crippen LogP contribution in [0.2, 0.25) is 0 Å². The molecule has 0 atom stereocenters. The molecule has 0 bridgehead atoms. The van der Waals surface area contributed by atoms with Gasteiger partial charge in [0.25, 0.3) is 0 Å². The summed E-state index contributed by atoms with van der Waals surface area (Å²) in [5, 5.41) is 0. The molecule has 0 radical (unpaired) electrons. The highest BCUT2D eigenvalue weighted by Crippen LogP contribution is 1.99. The van der Waals surface area contributed by atoms with E-state index in [-0.39, 0.29) is 12.6 Å². The smallest absolute Gasteiger partial charge is 0.332 e. The summed E-state index contributed by atoms with van der Waals surface area (Å²) < 4.78 is 10.0. The fourth-order valence-corrected chi connectivity index (χ4v) is 1.46. The molecule has 4 nitrogen and oxygen atoms in total. The predicted octanol–water partition coefficient (Wildman–Crippen LogP) is 1.69. The van der Waals surface area contributed by atoms with Gasteiger partial charge in [-0.25, -0.2) is 4.79 Å². The lowest BCUT2D eigenvalue weighted by Crippen LogP contribution is -2.35. The van der Waals surface area contributed by atoms with E-state index in [4.69, 9.17) is 9.47 Å². The molecule has 0 amide bonds. The van der Waals surface area contributed by atoms with Gasteiger partial charge in [0.15, 0.2) is 0 Å². The number of hydrogen-bond acceptors (Lipinski definition) is 4. The van der Waals surface area contributed by atoms with E-state index in [9.17, 15) is 4.79 Å². The predicted molar refractivity (Wildman–Crippen MR) is 64.5 cm³/mol. The van der Waals surface area contributed by atoms with Crippen LogP contribution < -0.4 is 0 Å². The standard InChI is InChI=1S/C12H25NO3/c1-5-7-13(11(3)4)8-9-15-10-12(14)16-6-2/h11H,5-10H2,1-4H3. The van der Waals surface area contributed by atoms with E-state index in [1.807, 2.05) is 0 Å². The summed E-state index contributed by atoms with van der Waals surface area (Å²) in [4.78, 5) is 13.3. The largest absolute Gasteiger partial charge is 0.464 e. The number of hydrogen-bond donors (Lipinski definition) is 0. The van der Waals surface area contributed by atoms with E-state index in [1.165, 1.54) is 0 Å². The van der Waals surface area contributed by atoms with E-state index in [1.54, 1.807) is 6.92 Å². The molecule has 0 aliphatic heterocycles. The van der Waals surface area contributed by atoms with Gasteiger partial charge in [-0.3, -0.25) is 4.90 Å². The summed E-state index contributed by atoms with van der Waals surface area (Å²) in [7, 11) is 0. The minimum absolute atomic E-state index is 0.0614. The van der Waals surface area contributed by atoms with Crippen molar-refractivity contribution in [2.24, 2.45) is 0 Å². The van der Waals surface area contributed by atoms with Gasteiger partial charge in [-0.2, -0.15) is 0 Å². The van der Waals surface area contributed by atoms with Gasteiger partial charge in [-0.1, -0.05) is 6.92 Å². The molecular weight excluding hydrogens is 206 g/mol. The Labute approximate surface area is 98.9 Å². The number of carbonyl (C=O) groups excluding carboxylic acids is 1. The maximum absolute atomic E-state index is 11.0. The quantitative estimate of drug-likeness (QED) is 0.447. The molecule has 0 spiro atoms. The summed E-state index contributed by atoms with van der Waals surface area (Å²) in [6.07, 6.45) is 1.13. The van der Waals surface area contributed by atoms with Crippen molar-refractivity contribution in [3.05, 3.63) is 0 Å². The topological polar surface area (TPSA) is 38.8 Å². The van der Waals surface area contributed by atoms with Crippen molar-refractivity contribution in [1.82, 2.24) is 4.90 Å². The molecule has 0 aromatic carbocycles. The molecule has 0 saturated heterocycles. The van der Waals surface area contributed by atoms with E-state index < -0.39 is 0 Å². The third kappa shape index (κ3) is 7.65. The van der Waals surface area contributed by atoms with Gasteiger partial charge in [-0.05, 0) is 33.7 Å². The molecule has 0 N–H and O–H groups in total. The van der Waals surface area contributed by atoms with E-state index in [0.29, 0.717) is 19.3 Å². The lowest BCUT2D eigenvalue weighted by molar-refractivity contribution is -0.148. The highest BCUT2D eigenvalue weighted by molar-refractivity contribution is 5.70. The zero-order valence-electron chi connectivity index (χ0n) is 11.0. The Bertz CT molecular complexity index is 183. The highest BCUT2D eigenvalue weighted by atomic mass is 16.6. The molecule has 96 valence electrons. The second-order valence-corrected chi connectivity index (χ2v) is 3.99. The van der Waals surface area contributed by atoms with Gasteiger partial charge in [0.1, 0.15) is 6.61 Å². The molecule has 0 rings (SSSR count). The fraction of sp³-hybridized carbons (Fsp3) is 0.917. The van der Waals surface area contributed by atoms with Crippen LogP contribution in [-0.4, -0.2) is 49.8 Å². The Morgan fingerprint density at radius 1 is 1.25 bits per heavy atom. The Hall–Kier alpha value is -0.610. The zero-order valence-corrected chi connectivity index (χ0v) is 11.0. The molecular formula is C12H25NO3. The Kier molecular flexibility index (Phi) is 9.24. The second-order valence-electron chi connectivity index (χ2n) is 3.99. The highest BCUT2D eigenvalue weighted by Gasteiger charge is 2.08. The SMILES string of the molecule is CCCN(CCOCC(=O)OCC)C(C)C. The van der Waals surface area contributed by atoms with Gasteiger partial charge >= 0.3 is 5.97 Å². The number of esters is 1. The molecule has 0 aliphatic carbocycles. The number of nitrogens with zero attached hydrogens (tertiary/aromatic N) is 1. The van der Waals surface area contributed by atoms with Crippen molar-refractivity contribution in [2.45, 2.75) is 40.2 Å². The lowest BCUT2D eigenvalue weighted by Gasteiger charge is -2.25. The van der Waals surface area contributed by atoms with Crippen LogP contribution in [0.4, 0.5) is 0 Å². The Morgan fingerprint density at radius 3 is 2.44 bits per heavy atom. The number of carbonyl (C=O) groups is 1. The maximum Gasteiger partial charge on any atom is 0.332 e. The van der Waals surface area contributed by atoms with Gasteiger partial charge in [0.2, 0.25) is 0 Å². The van der Waals surface area contributed by atoms with Crippen LogP contribution in [0.25, 0.3) is 0 Å². The summed E-state index contributed by atoms with van der Waals surface area (Å²) >= 11 is 0. The molecule has 0 aromatic heterocycles. The van der Waals surface area contributed by atoms with Crippen LogP contribution in [0.3, 0.4) is 0 Å². The molecule has 0 aliphatic rings. The first-order valence-corrected chi connectivity index (χ1v) is 6.09. The monoisotopic (exact) mass is 231 g/mol. The molecule has 16 heavy (non-hydrogen) atoms. The summed E-state index contributed by atoms with van der Waals surface area (Å²) in [5.41, 5.74) is 0. The summed E-state index contributed by atoms with van der Waals surface area (Å²) in [6.45, 7) is 11.3. The Morgan fingerprint density at radius 2 is 1.94 bits per heavy atom. The molecule has 0 saturated carbocycles. The second kappa shape index (κ2) is 9.60. The average molecular weight is 231 g/mol. The molecule has 0 aromatic rings. The zero-order chi connectivity index (χ0) is 12.4.